The maximum atomic E-state index is 9.93. The second kappa shape index (κ2) is 2.27. The molecule has 2 aliphatic rings. The highest BCUT2D eigenvalue weighted by molar-refractivity contribution is 5.50. The molecule has 1 fully saturated rings. The SMILES string of the molecule is CC=C1C(O)C12CC=C(C)C2(C)C. The normalized spacial score (nSPS) is 44.2. The predicted molar refractivity (Wildman–Crippen MR) is 54.4 cm³/mol. The monoisotopic (exact) mass is 178 g/mol. The van der Waals surface area contributed by atoms with Crippen molar-refractivity contribution in [3.05, 3.63) is 23.3 Å². The number of aliphatic hydroxyl groups is 1. The Morgan fingerprint density at radius 2 is 2.15 bits per heavy atom. The lowest BCUT2D eigenvalue weighted by Crippen LogP contribution is -2.25. The third-order valence-corrected chi connectivity index (χ3v) is 4.34. The van der Waals surface area contributed by atoms with Crippen LogP contribution < -0.4 is 0 Å². The van der Waals surface area contributed by atoms with Crippen LogP contribution in [-0.2, 0) is 0 Å². The van der Waals surface area contributed by atoms with E-state index in [1.54, 1.807) is 0 Å². The van der Waals surface area contributed by atoms with Gasteiger partial charge in [0.15, 0.2) is 0 Å². The molecule has 1 heteroatoms. The molecule has 1 N–H and O–H groups in total. The minimum Gasteiger partial charge on any atom is -0.388 e. The van der Waals surface area contributed by atoms with Gasteiger partial charge in [0.1, 0.15) is 0 Å². The number of hydrogen-bond acceptors (Lipinski definition) is 1. The Morgan fingerprint density at radius 3 is 2.46 bits per heavy atom. The third kappa shape index (κ3) is 0.768. The van der Waals surface area contributed by atoms with Crippen LogP contribution in [0.15, 0.2) is 23.3 Å². The van der Waals surface area contributed by atoms with E-state index >= 15 is 0 Å². The molecule has 1 nitrogen and oxygen atoms in total. The van der Waals surface area contributed by atoms with Crippen molar-refractivity contribution in [1.29, 1.82) is 0 Å². The fourth-order valence-corrected chi connectivity index (χ4v) is 2.91. The zero-order valence-electron chi connectivity index (χ0n) is 8.89. The Hall–Kier alpha value is -0.560. The highest BCUT2D eigenvalue weighted by atomic mass is 16.3. The second-order valence-corrected chi connectivity index (χ2v) is 4.83. The van der Waals surface area contributed by atoms with Gasteiger partial charge < -0.3 is 5.11 Å². The lowest BCUT2D eigenvalue weighted by molar-refractivity contribution is 0.154. The molecule has 0 saturated heterocycles. The molecule has 0 aliphatic heterocycles. The first-order valence-corrected chi connectivity index (χ1v) is 5.00. The van der Waals surface area contributed by atoms with E-state index < -0.39 is 0 Å². The van der Waals surface area contributed by atoms with Crippen LogP contribution in [0.2, 0.25) is 0 Å². The zero-order chi connectivity index (χ0) is 9.85. The quantitative estimate of drug-likeness (QED) is 0.565. The molecule has 1 saturated carbocycles. The molecule has 2 aliphatic carbocycles. The lowest BCUT2D eigenvalue weighted by Gasteiger charge is -2.29. The average Bonchev–Trinajstić information content (AvgIpc) is 2.59. The third-order valence-electron chi connectivity index (χ3n) is 4.34. The smallest absolute Gasteiger partial charge is 0.0862 e. The summed E-state index contributed by atoms with van der Waals surface area (Å²) in [6, 6.07) is 0. The van der Waals surface area contributed by atoms with Gasteiger partial charge in [-0.05, 0) is 31.3 Å². The standard InChI is InChI=1S/C12H18O/c1-5-9-10(13)12(9)7-6-8(2)11(12,3)4/h5-6,10,13H,7H2,1-4H3. The van der Waals surface area contributed by atoms with Gasteiger partial charge in [-0.1, -0.05) is 31.6 Å². The summed E-state index contributed by atoms with van der Waals surface area (Å²) >= 11 is 0. The highest BCUT2D eigenvalue weighted by Gasteiger charge is 2.68. The van der Waals surface area contributed by atoms with E-state index in [9.17, 15) is 5.11 Å². The van der Waals surface area contributed by atoms with Gasteiger partial charge in [0, 0.05) is 5.41 Å². The number of hydrogen-bond donors (Lipinski definition) is 1. The van der Waals surface area contributed by atoms with E-state index in [0.717, 1.165) is 6.42 Å². The number of rotatable bonds is 0. The first kappa shape index (κ1) is 9.01. The first-order valence-electron chi connectivity index (χ1n) is 5.00. The molecule has 0 amide bonds. The Kier molecular flexibility index (Phi) is 1.57. The van der Waals surface area contributed by atoms with Crippen molar-refractivity contribution in [3.63, 3.8) is 0 Å². The minimum atomic E-state index is -0.193. The largest absolute Gasteiger partial charge is 0.388 e. The van der Waals surface area contributed by atoms with Gasteiger partial charge in [0.05, 0.1) is 6.10 Å². The van der Waals surface area contributed by atoms with Gasteiger partial charge in [0.2, 0.25) is 0 Å². The molecule has 0 bridgehead atoms. The molecule has 0 aromatic rings. The van der Waals surface area contributed by atoms with E-state index in [2.05, 4.69) is 32.9 Å². The summed E-state index contributed by atoms with van der Waals surface area (Å²) in [5.41, 5.74) is 2.87. The predicted octanol–water partition coefficient (Wildman–Crippen LogP) is 2.67. The van der Waals surface area contributed by atoms with Crippen LogP contribution in [0.25, 0.3) is 0 Å². The van der Waals surface area contributed by atoms with Gasteiger partial charge >= 0.3 is 0 Å². The zero-order valence-corrected chi connectivity index (χ0v) is 8.89. The van der Waals surface area contributed by atoms with Crippen molar-refractivity contribution in [3.8, 4) is 0 Å². The van der Waals surface area contributed by atoms with E-state index in [1.807, 2.05) is 6.92 Å². The van der Waals surface area contributed by atoms with Gasteiger partial charge in [-0.25, -0.2) is 0 Å². The topological polar surface area (TPSA) is 20.2 Å². The molecule has 2 unspecified atom stereocenters. The summed E-state index contributed by atoms with van der Waals surface area (Å²) in [6.07, 6.45) is 5.19. The van der Waals surface area contributed by atoms with Crippen LogP contribution in [0.4, 0.5) is 0 Å². The Balaban J connectivity index is 2.42. The molecule has 0 aromatic carbocycles. The fraction of sp³-hybridized carbons (Fsp3) is 0.667. The van der Waals surface area contributed by atoms with Gasteiger partial charge in [-0.2, -0.15) is 0 Å². The second-order valence-electron chi connectivity index (χ2n) is 4.83. The Bertz CT molecular complexity index is 309. The van der Waals surface area contributed by atoms with Crippen molar-refractivity contribution in [2.75, 3.05) is 0 Å². The summed E-state index contributed by atoms with van der Waals surface area (Å²) in [7, 11) is 0. The Labute approximate surface area is 80.2 Å². The van der Waals surface area contributed by atoms with Crippen LogP contribution in [0.1, 0.15) is 34.1 Å². The van der Waals surface area contributed by atoms with E-state index in [1.165, 1.54) is 11.1 Å². The summed E-state index contributed by atoms with van der Waals surface area (Å²) in [4.78, 5) is 0. The van der Waals surface area contributed by atoms with Crippen LogP contribution in [0, 0.1) is 10.8 Å². The minimum absolute atomic E-state index is 0.0613. The molecule has 2 atom stereocenters. The van der Waals surface area contributed by atoms with Crippen molar-refractivity contribution >= 4 is 0 Å². The maximum absolute atomic E-state index is 9.93. The van der Waals surface area contributed by atoms with Crippen molar-refractivity contribution < 1.29 is 5.11 Å². The first-order chi connectivity index (χ1) is 5.98. The van der Waals surface area contributed by atoms with Crippen LogP contribution >= 0.6 is 0 Å². The fourth-order valence-electron chi connectivity index (χ4n) is 2.91. The molecule has 0 heterocycles. The molecule has 2 rings (SSSR count). The van der Waals surface area contributed by atoms with Crippen LogP contribution in [-0.4, -0.2) is 11.2 Å². The molecule has 0 radical (unpaired) electrons. The lowest BCUT2D eigenvalue weighted by atomic mass is 9.74. The van der Waals surface area contributed by atoms with Gasteiger partial charge in [-0.3, -0.25) is 0 Å². The molecule has 72 valence electrons. The Morgan fingerprint density at radius 1 is 1.54 bits per heavy atom. The molecule has 1 spiro atoms. The summed E-state index contributed by atoms with van der Waals surface area (Å²) < 4.78 is 0. The number of allylic oxidation sites excluding steroid dienone is 3. The van der Waals surface area contributed by atoms with Crippen molar-refractivity contribution in [1.82, 2.24) is 0 Å². The summed E-state index contributed by atoms with van der Waals surface area (Å²) in [5, 5.41) is 9.93. The van der Waals surface area contributed by atoms with Gasteiger partial charge in [0.25, 0.3) is 0 Å². The van der Waals surface area contributed by atoms with Gasteiger partial charge in [-0.15, -0.1) is 0 Å². The molecular weight excluding hydrogens is 160 g/mol. The molecule has 0 aromatic heterocycles. The van der Waals surface area contributed by atoms with Crippen molar-refractivity contribution in [2.24, 2.45) is 10.8 Å². The van der Waals surface area contributed by atoms with E-state index in [4.69, 9.17) is 0 Å². The highest BCUT2D eigenvalue weighted by Crippen LogP contribution is 2.70. The molecule has 13 heavy (non-hydrogen) atoms. The average molecular weight is 178 g/mol. The number of aliphatic hydroxyl groups excluding tert-OH is 1. The van der Waals surface area contributed by atoms with Crippen molar-refractivity contribution in [2.45, 2.75) is 40.2 Å². The summed E-state index contributed by atoms with van der Waals surface area (Å²) in [6.45, 7) is 8.68. The van der Waals surface area contributed by atoms with E-state index in [0.29, 0.717) is 0 Å². The van der Waals surface area contributed by atoms with Crippen LogP contribution in [0.3, 0.4) is 0 Å². The molecular formula is C12H18O. The van der Waals surface area contributed by atoms with E-state index in [-0.39, 0.29) is 16.9 Å². The van der Waals surface area contributed by atoms with Crippen LogP contribution in [0.5, 0.6) is 0 Å². The maximum Gasteiger partial charge on any atom is 0.0862 e. The summed E-state index contributed by atoms with van der Waals surface area (Å²) in [5.74, 6) is 0.